The molecule has 3 aromatic rings. The van der Waals surface area contributed by atoms with E-state index >= 15 is 0 Å². The van der Waals surface area contributed by atoms with Crippen LogP contribution in [0.25, 0.3) is 11.0 Å². The quantitative estimate of drug-likeness (QED) is 0.467. The molecule has 2 N–H and O–H groups in total. The Balaban J connectivity index is 1.71. The Hall–Kier alpha value is -2.32. The van der Waals surface area contributed by atoms with Crippen LogP contribution in [0.3, 0.4) is 0 Å². The van der Waals surface area contributed by atoms with Gasteiger partial charge >= 0.3 is 0 Å². The molecule has 28 heavy (non-hydrogen) atoms. The van der Waals surface area contributed by atoms with Crippen molar-refractivity contribution in [2.45, 2.75) is 38.5 Å². The van der Waals surface area contributed by atoms with Crippen molar-refractivity contribution in [3.05, 3.63) is 56.7 Å². The Morgan fingerprint density at radius 2 is 2.14 bits per heavy atom. The summed E-state index contributed by atoms with van der Waals surface area (Å²) >= 11 is 6.95. The van der Waals surface area contributed by atoms with Crippen LogP contribution in [0.1, 0.15) is 31.1 Å². The van der Waals surface area contributed by atoms with Gasteiger partial charge in [0.1, 0.15) is 11.3 Å². The summed E-state index contributed by atoms with van der Waals surface area (Å²) in [6.45, 7) is 5.89. The van der Waals surface area contributed by atoms with E-state index in [1.54, 1.807) is 10.6 Å². The van der Waals surface area contributed by atoms with Gasteiger partial charge in [0.15, 0.2) is 5.16 Å². The van der Waals surface area contributed by atoms with E-state index in [9.17, 15) is 14.0 Å². The van der Waals surface area contributed by atoms with Crippen LogP contribution in [0.2, 0.25) is 5.02 Å². The van der Waals surface area contributed by atoms with E-state index in [4.69, 9.17) is 11.6 Å². The first-order chi connectivity index (χ1) is 13.3. The predicted molar refractivity (Wildman–Crippen MR) is 109 cm³/mol. The van der Waals surface area contributed by atoms with Crippen LogP contribution >= 0.6 is 23.4 Å². The third-order valence-corrected chi connectivity index (χ3v) is 5.35. The maximum absolute atomic E-state index is 13.2. The molecule has 0 aliphatic rings. The normalized spacial score (nSPS) is 11.4. The Morgan fingerprint density at radius 1 is 1.39 bits per heavy atom. The molecule has 0 bridgehead atoms. The maximum Gasteiger partial charge on any atom is 0.278 e. The number of thioether (sulfide) groups is 1. The predicted octanol–water partition coefficient (Wildman–Crippen LogP) is 3.81. The zero-order valence-corrected chi connectivity index (χ0v) is 17.2. The standard InChI is InChI=1S/C19H20ClFN4O2S/c1-10(2)25-18(27)17-15(6-11(3)23-17)24-19(25)28-9-16(26)22-8-12-4-5-14(21)13(20)7-12/h4-7,10,23H,8-9H2,1-3H3,(H,22,26). The van der Waals surface area contributed by atoms with Crippen LogP contribution in [0, 0.1) is 12.7 Å². The summed E-state index contributed by atoms with van der Waals surface area (Å²) in [4.78, 5) is 32.6. The number of nitrogens with zero attached hydrogens (tertiary/aromatic N) is 2. The van der Waals surface area contributed by atoms with Crippen LogP contribution in [0.5, 0.6) is 0 Å². The summed E-state index contributed by atoms with van der Waals surface area (Å²) < 4.78 is 14.8. The van der Waals surface area contributed by atoms with Crippen molar-refractivity contribution in [1.29, 1.82) is 0 Å². The summed E-state index contributed by atoms with van der Waals surface area (Å²) in [6, 6.07) is 6.01. The van der Waals surface area contributed by atoms with Gasteiger partial charge in [0.05, 0.1) is 16.3 Å². The van der Waals surface area contributed by atoms with Gasteiger partial charge in [0.2, 0.25) is 5.91 Å². The number of fused-ring (bicyclic) bond motifs is 1. The average molecular weight is 423 g/mol. The van der Waals surface area contributed by atoms with Crippen molar-refractivity contribution >= 4 is 40.3 Å². The van der Waals surface area contributed by atoms with Crippen LogP contribution in [0.4, 0.5) is 4.39 Å². The molecule has 0 aliphatic carbocycles. The SMILES string of the molecule is Cc1cc2nc(SCC(=O)NCc3ccc(F)c(Cl)c3)n(C(C)C)c(=O)c2[nH]1. The number of carbonyl (C=O) groups excluding carboxylic acids is 1. The van der Waals surface area contributed by atoms with Gasteiger partial charge in [-0.2, -0.15) is 0 Å². The van der Waals surface area contributed by atoms with Gasteiger partial charge in [-0.25, -0.2) is 9.37 Å². The molecule has 0 radical (unpaired) electrons. The van der Waals surface area contributed by atoms with E-state index in [2.05, 4.69) is 15.3 Å². The number of H-pyrrole nitrogens is 1. The molecule has 9 heteroatoms. The highest BCUT2D eigenvalue weighted by molar-refractivity contribution is 7.99. The average Bonchev–Trinajstić information content (AvgIpc) is 3.01. The van der Waals surface area contributed by atoms with Crippen molar-refractivity contribution in [2.75, 3.05) is 5.75 Å². The molecule has 2 aromatic heterocycles. The third kappa shape index (κ3) is 4.39. The molecule has 2 heterocycles. The molecular weight excluding hydrogens is 403 g/mol. The highest BCUT2D eigenvalue weighted by Gasteiger charge is 2.16. The number of hydrogen-bond donors (Lipinski definition) is 2. The number of amides is 1. The summed E-state index contributed by atoms with van der Waals surface area (Å²) in [7, 11) is 0. The molecule has 0 fully saturated rings. The molecule has 0 spiro atoms. The molecule has 0 atom stereocenters. The Labute approximate surface area is 170 Å². The number of aromatic nitrogens is 3. The molecule has 0 aliphatic heterocycles. The smallest absolute Gasteiger partial charge is 0.278 e. The minimum absolute atomic E-state index is 0.0152. The second-order valence-electron chi connectivity index (χ2n) is 6.69. The van der Waals surface area contributed by atoms with E-state index in [1.165, 1.54) is 23.9 Å². The van der Waals surface area contributed by atoms with Gasteiger partial charge < -0.3 is 10.3 Å². The van der Waals surface area contributed by atoms with Gasteiger partial charge in [0.25, 0.3) is 5.56 Å². The minimum Gasteiger partial charge on any atom is -0.353 e. The largest absolute Gasteiger partial charge is 0.353 e. The van der Waals surface area contributed by atoms with E-state index < -0.39 is 5.82 Å². The first kappa shape index (κ1) is 20.4. The second-order valence-corrected chi connectivity index (χ2v) is 8.04. The number of halogens is 2. The first-order valence-electron chi connectivity index (χ1n) is 8.71. The molecule has 3 rings (SSSR count). The monoisotopic (exact) mass is 422 g/mol. The van der Waals surface area contributed by atoms with Crippen molar-refractivity contribution in [3.63, 3.8) is 0 Å². The molecule has 1 aromatic carbocycles. The number of carbonyl (C=O) groups is 1. The molecule has 0 saturated carbocycles. The highest BCUT2D eigenvalue weighted by Crippen LogP contribution is 2.21. The van der Waals surface area contributed by atoms with E-state index in [-0.39, 0.29) is 34.8 Å². The molecule has 148 valence electrons. The highest BCUT2D eigenvalue weighted by atomic mass is 35.5. The maximum atomic E-state index is 13.2. The Kier molecular flexibility index (Phi) is 6.10. The Bertz CT molecular complexity index is 1090. The van der Waals surface area contributed by atoms with Gasteiger partial charge in [-0.1, -0.05) is 29.4 Å². The van der Waals surface area contributed by atoms with Crippen molar-refractivity contribution < 1.29 is 9.18 Å². The third-order valence-electron chi connectivity index (χ3n) is 4.11. The van der Waals surface area contributed by atoms with Crippen molar-refractivity contribution in [1.82, 2.24) is 19.9 Å². The van der Waals surface area contributed by atoms with Crippen LogP contribution in [-0.4, -0.2) is 26.2 Å². The lowest BCUT2D eigenvalue weighted by Gasteiger charge is -2.15. The summed E-state index contributed by atoms with van der Waals surface area (Å²) in [6.07, 6.45) is 0. The lowest BCUT2D eigenvalue weighted by Crippen LogP contribution is -2.27. The molecule has 1 amide bonds. The number of benzene rings is 1. The zero-order chi connectivity index (χ0) is 20.4. The van der Waals surface area contributed by atoms with Crippen LogP contribution in [-0.2, 0) is 11.3 Å². The molecular formula is C19H20ClFN4O2S. The molecule has 0 saturated heterocycles. The zero-order valence-electron chi connectivity index (χ0n) is 15.7. The molecule has 0 unspecified atom stereocenters. The number of rotatable bonds is 6. The van der Waals surface area contributed by atoms with Gasteiger partial charge in [-0.15, -0.1) is 0 Å². The number of aryl methyl sites for hydroxylation is 1. The number of nitrogens with one attached hydrogen (secondary N) is 2. The van der Waals surface area contributed by atoms with Crippen LogP contribution < -0.4 is 10.9 Å². The second kappa shape index (κ2) is 8.36. The fourth-order valence-corrected chi connectivity index (χ4v) is 3.94. The number of aromatic amines is 1. The fraction of sp³-hybridized carbons (Fsp3) is 0.316. The van der Waals surface area contributed by atoms with Crippen LogP contribution in [0.15, 0.2) is 34.2 Å². The topological polar surface area (TPSA) is 79.8 Å². The summed E-state index contributed by atoms with van der Waals surface area (Å²) in [5, 5.41) is 3.27. The minimum atomic E-state index is -0.500. The van der Waals surface area contributed by atoms with Gasteiger partial charge in [-0.05, 0) is 44.5 Å². The van der Waals surface area contributed by atoms with Crippen molar-refractivity contribution in [3.8, 4) is 0 Å². The van der Waals surface area contributed by atoms with E-state index in [1.807, 2.05) is 26.8 Å². The van der Waals surface area contributed by atoms with Crippen molar-refractivity contribution in [2.24, 2.45) is 0 Å². The van der Waals surface area contributed by atoms with E-state index in [0.29, 0.717) is 21.8 Å². The summed E-state index contributed by atoms with van der Waals surface area (Å²) in [5.74, 6) is -0.621. The van der Waals surface area contributed by atoms with Gasteiger partial charge in [-0.3, -0.25) is 14.2 Å². The van der Waals surface area contributed by atoms with E-state index in [0.717, 1.165) is 5.69 Å². The van der Waals surface area contributed by atoms with Gasteiger partial charge in [0, 0.05) is 18.3 Å². The number of hydrogen-bond acceptors (Lipinski definition) is 4. The lowest BCUT2D eigenvalue weighted by atomic mass is 10.2. The fourth-order valence-electron chi connectivity index (χ4n) is 2.78. The first-order valence-corrected chi connectivity index (χ1v) is 10.1. The Morgan fingerprint density at radius 3 is 2.82 bits per heavy atom. The molecule has 6 nitrogen and oxygen atoms in total. The lowest BCUT2D eigenvalue weighted by molar-refractivity contribution is -0.118. The summed E-state index contributed by atoms with van der Waals surface area (Å²) in [5.41, 5.74) is 2.45.